The average molecular weight is 210 g/mol. The summed E-state index contributed by atoms with van der Waals surface area (Å²) in [5.74, 6) is -0.275. The molecule has 1 aromatic rings. The third kappa shape index (κ3) is 2.15. The quantitative estimate of drug-likeness (QED) is 0.458. The van der Waals surface area contributed by atoms with Crippen molar-refractivity contribution in [3.63, 3.8) is 0 Å². The molecule has 0 bridgehead atoms. The molecule has 0 saturated carbocycles. The lowest BCUT2D eigenvalue weighted by atomic mass is 10.2. The number of carbonyl (C=O) groups excluding carboxylic acids is 1. The monoisotopic (exact) mass is 210 g/mol. The Bertz CT molecular complexity index is 350. The van der Waals surface area contributed by atoms with E-state index in [0.29, 0.717) is 13.0 Å². The van der Waals surface area contributed by atoms with Crippen LogP contribution >= 0.6 is 0 Å². The number of hydrogen-bond acceptors (Lipinski definition) is 7. The molecule has 1 saturated heterocycles. The van der Waals surface area contributed by atoms with Crippen LogP contribution in [0.25, 0.3) is 0 Å². The van der Waals surface area contributed by atoms with Crippen molar-refractivity contribution in [2.24, 2.45) is 5.11 Å². The van der Waals surface area contributed by atoms with Gasteiger partial charge >= 0.3 is 5.97 Å². The molecule has 2 atom stereocenters. The topological polar surface area (TPSA) is 116 Å². The molecule has 15 heavy (non-hydrogen) atoms. The number of nitrogens with one attached hydrogen (secondary N) is 3. The highest BCUT2D eigenvalue weighted by atomic mass is 16.5. The molecule has 3 N–H and O–H groups in total. The molecule has 2 heterocycles. The highest BCUT2D eigenvalue weighted by Gasteiger charge is 2.31. The van der Waals surface area contributed by atoms with Gasteiger partial charge in [-0.3, -0.25) is 5.10 Å². The van der Waals surface area contributed by atoms with E-state index in [-0.39, 0.29) is 11.9 Å². The Balaban J connectivity index is 1.89. The van der Waals surface area contributed by atoms with Crippen molar-refractivity contribution in [1.29, 1.82) is 5.53 Å². The van der Waals surface area contributed by atoms with E-state index in [2.05, 4.69) is 25.8 Å². The standard InChI is InChI=1S/C7H10N6O2/c8-11-4-1-5(9-2-4)7(14)15-6-3-10-13-12-6/h3-5,8-9H,1-2H2,(H,10,12,13)/t4?,5-/m0/s1. The molecule has 0 aliphatic carbocycles. The second-order valence-electron chi connectivity index (χ2n) is 3.21. The number of aromatic amines is 1. The van der Waals surface area contributed by atoms with E-state index in [9.17, 15) is 4.79 Å². The van der Waals surface area contributed by atoms with Gasteiger partial charge in [0.25, 0.3) is 5.88 Å². The van der Waals surface area contributed by atoms with Crippen LogP contribution in [-0.2, 0) is 4.79 Å². The molecular formula is C7H10N6O2. The summed E-state index contributed by atoms with van der Waals surface area (Å²) in [6.07, 6.45) is 1.87. The van der Waals surface area contributed by atoms with Crippen LogP contribution in [0, 0.1) is 5.53 Å². The van der Waals surface area contributed by atoms with E-state index in [1.165, 1.54) is 6.20 Å². The van der Waals surface area contributed by atoms with Crippen molar-refractivity contribution < 1.29 is 9.53 Å². The van der Waals surface area contributed by atoms with Crippen molar-refractivity contribution in [2.45, 2.75) is 18.5 Å². The van der Waals surface area contributed by atoms with Crippen LogP contribution in [0.15, 0.2) is 11.3 Å². The predicted molar refractivity (Wildman–Crippen MR) is 47.4 cm³/mol. The summed E-state index contributed by atoms with van der Waals surface area (Å²) in [6.45, 7) is 0.530. The average Bonchev–Trinajstić information content (AvgIpc) is 2.86. The van der Waals surface area contributed by atoms with Crippen LogP contribution in [-0.4, -0.2) is 40.0 Å². The second kappa shape index (κ2) is 4.13. The number of aromatic nitrogens is 3. The van der Waals surface area contributed by atoms with Crippen LogP contribution in [0.5, 0.6) is 5.88 Å². The van der Waals surface area contributed by atoms with E-state index in [1.807, 2.05) is 0 Å². The van der Waals surface area contributed by atoms with E-state index in [1.54, 1.807) is 0 Å². The molecular weight excluding hydrogens is 200 g/mol. The maximum Gasteiger partial charge on any atom is 0.330 e. The van der Waals surface area contributed by atoms with Crippen LogP contribution in [0.3, 0.4) is 0 Å². The Hall–Kier alpha value is -1.83. The second-order valence-corrected chi connectivity index (χ2v) is 3.21. The Labute approximate surface area is 84.9 Å². The number of H-pyrrole nitrogens is 1. The van der Waals surface area contributed by atoms with E-state index >= 15 is 0 Å². The number of ether oxygens (including phenoxy) is 1. The smallest absolute Gasteiger partial charge is 0.330 e. The van der Waals surface area contributed by atoms with Gasteiger partial charge in [-0.05, 0) is 6.42 Å². The van der Waals surface area contributed by atoms with Gasteiger partial charge < -0.3 is 10.1 Å². The van der Waals surface area contributed by atoms with Gasteiger partial charge in [0.05, 0.1) is 12.2 Å². The summed E-state index contributed by atoms with van der Waals surface area (Å²) in [6, 6.07) is -0.555. The molecule has 1 aromatic heterocycles. The minimum Gasteiger partial charge on any atom is -0.403 e. The summed E-state index contributed by atoms with van der Waals surface area (Å²) in [4.78, 5) is 11.5. The first-order chi connectivity index (χ1) is 7.29. The molecule has 0 amide bonds. The SMILES string of the molecule is N=NC1CN[C@H](C(=O)Oc2c[nH]nn2)C1. The molecule has 0 aromatic carbocycles. The van der Waals surface area contributed by atoms with Crippen LogP contribution in [0.2, 0.25) is 0 Å². The fourth-order valence-corrected chi connectivity index (χ4v) is 1.41. The number of rotatable bonds is 3. The van der Waals surface area contributed by atoms with Gasteiger partial charge in [0, 0.05) is 6.54 Å². The molecule has 8 heteroatoms. The fourth-order valence-electron chi connectivity index (χ4n) is 1.41. The predicted octanol–water partition coefficient (Wildman–Crippen LogP) is -0.528. The van der Waals surface area contributed by atoms with Crippen LogP contribution in [0.1, 0.15) is 6.42 Å². The van der Waals surface area contributed by atoms with Gasteiger partial charge in [0.1, 0.15) is 6.04 Å². The lowest BCUT2D eigenvalue weighted by Crippen LogP contribution is -2.34. The summed E-state index contributed by atoms with van der Waals surface area (Å²) in [5, 5.41) is 15.7. The molecule has 1 aliphatic heterocycles. The maximum atomic E-state index is 11.5. The maximum absolute atomic E-state index is 11.5. The van der Waals surface area contributed by atoms with Crippen molar-refractivity contribution in [1.82, 2.24) is 20.7 Å². The first kappa shape index (κ1) is 9.71. The molecule has 1 aliphatic rings. The zero-order valence-electron chi connectivity index (χ0n) is 7.80. The Kier molecular flexibility index (Phi) is 2.68. The highest BCUT2D eigenvalue weighted by molar-refractivity contribution is 5.78. The third-order valence-corrected chi connectivity index (χ3v) is 2.17. The Morgan fingerprint density at radius 1 is 1.73 bits per heavy atom. The molecule has 1 unspecified atom stereocenters. The fraction of sp³-hybridized carbons (Fsp3) is 0.571. The number of nitrogens with zero attached hydrogens (tertiary/aromatic N) is 3. The minimum absolute atomic E-state index is 0.139. The molecule has 8 nitrogen and oxygen atoms in total. The molecule has 2 rings (SSSR count). The van der Waals surface area contributed by atoms with E-state index in [4.69, 9.17) is 10.3 Å². The summed E-state index contributed by atoms with van der Waals surface area (Å²) < 4.78 is 4.92. The summed E-state index contributed by atoms with van der Waals surface area (Å²) >= 11 is 0. The Morgan fingerprint density at radius 2 is 2.60 bits per heavy atom. The minimum atomic E-state index is -0.421. The first-order valence-corrected chi connectivity index (χ1v) is 4.47. The van der Waals surface area contributed by atoms with Gasteiger partial charge in [-0.1, -0.05) is 10.3 Å². The van der Waals surface area contributed by atoms with Crippen LogP contribution < -0.4 is 10.1 Å². The van der Waals surface area contributed by atoms with Crippen molar-refractivity contribution in [2.75, 3.05) is 6.54 Å². The molecule has 0 radical (unpaired) electrons. The van der Waals surface area contributed by atoms with E-state index < -0.39 is 12.0 Å². The van der Waals surface area contributed by atoms with E-state index in [0.717, 1.165) is 0 Å². The summed E-state index contributed by atoms with van der Waals surface area (Å²) in [5.41, 5.74) is 6.83. The van der Waals surface area contributed by atoms with Crippen molar-refractivity contribution in [3.05, 3.63) is 6.20 Å². The van der Waals surface area contributed by atoms with Gasteiger partial charge in [-0.15, -0.1) is 0 Å². The third-order valence-electron chi connectivity index (χ3n) is 2.17. The van der Waals surface area contributed by atoms with Gasteiger partial charge in [-0.2, -0.15) is 5.11 Å². The number of hydrogen-bond donors (Lipinski definition) is 3. The van der Waals surface area contributed by atoms with Crippen LogP contribution in [0.4, 0.5) is 0 Å². The zero-order chi connectivity index (χ0) is 10.7. The number of esters is 1. The molecule has 0 spiro atoms. The largest absolute Gasteiger partial charge is 0.403 e. The van der Waals surface area contributed by atoms with Gasteiger partial charge in [0.2, 0.25) is 0 Å². The Morgan fingerprint density at radius 3 is 3.20 bits per heavy atom. The lowest BCUT2D eigenvalue weighted by molar-refractivity contribution is -0.136. The number of carbonyl (C=O) groups is 1. The molecule has 80 valence electrons. The molecule has 1 fully saturated rings. The van der Waals surface area contributed by atoms with Gasteiger partial charge in [0.15, 0.2) is 0 Å². The highest BCUT2D eigenvalue weighted by Crippen LogP contribution is 2.12. The lowest BCUT2D eigenvalue weighted by Gasteiger charge is -2.06. The van der Waals surface area contributed by atoms with Crippen molar-refractivity contribution in [3.8, 4) is 5.88 Å². The first-order valence-electron chi connectivity index (χ1n) is 4.47. The van der Waals surface area contributed by atoms with Crippen molar-refractivity contribution >= 4 is 5.97 Å². The zero-order valence-corrected chi connectivity index (χ0v) is 7.80. The van der Waals surface area contributed by atoms with Gasteiger partial charge in [-0.25, -0.2) is 10.3 Å². The normalized spacial score (nSPS) is 25.1. The summed E-state index contributed by atoms with van der Waals surface area (Å²) in [7, 11) is 0.